The van der Waals surface area contributed by atoms with Gasteiger partial charge in [-0.15, -0.1) is 0 Å². The number of methoxy groups -OCH3 is 1. The molecule has 0 bridgehead atoms. The topological polar surface area (TPSA) is 43.4 Å². The molecule has 2 rings (SSSR count). The number of benzene rings is 2. The third-order valence-corrected chi connectivity index (χ3v) is 2.88. The molecule has 0 N–H and O–H groups in total. The maximum absolute atomic E-state index is 11.3. The van der Waals surface area contributed by atoms with Crippen LogP contribution in [0.3, 0.4) is 0 Å². The van der Waals surface area contributed by atoms with Crippen molar-refractivity contribution in [2.45, 2.75) is 6.42 Å². The van der Waals surface area contributed by atoms with Crippen molar-refractivity contribution < 1.29 is 14.3 Å². The molecule has 0 radical (unpaired) electrons. The average Bonchev–Trinajstić information content (AvgIpc) is 2.47. The Balaban J connectivity index is 2.26. The smallest absolute Gasteiger partial charge is 0.309 e. The molecule has 96 valence electrons. The average molecular weight is 254 g/mol. The molecule has 0 atom stereocenters. The van der Waals surface area contributed by atoms with Gasteiger partial charge in [0.15, 0.2) is 0 Å². The lowest BCUT2D eigenvalue weighted by molar-refractivity contribution is -0.139. The predicted molar refractivity (Wildman–Crippen MR) is 73.0 cm³/mol. The van der Waals surface area contributed by atoms with Crippen LogP contribution < -0.4 is 0 Å². The Bertz CT molecular complexity index is 585. The fourth-order valence-corrected chi connectivity index (χ4v) is 1.85. The van der Waals surface area contributed by atoms with Crippen LogP contribution in [0.5, 0.6) is 0 Å². The maximum Gasteiger partial charge on any atom is 0.309 e. The van der Waals surface area contributed by atoms with Gasteiger partial charge in [0, 0.05) is 5.56 Å². The van der Waals surface area contributed by atoms with Gasteiger partial charge >= 0.3 is 5.97 Å². The van der Waals surface area contributed by atoms with Crippen LogP contribution in [0.4, 0.5) is 0 Å². The number of carbonyl (C=O) groups is 2. The van der Waals surface area contributed by atoms with E-state index in [9.17, 15) is 9.59 Å². The molecule has 0 aliphatic carbocycles. The molecular formula is C16H14O3. The molecule has 0 saturated heterocycles. The van der Waals surface area contributed by atoms with E-state index >= 15 is 0 Å². The van der Waals surface area contributed by atoms with E-state index in [2.05, 4.69) is 4.74 Å². The summed E-state index contributed by atoms with van der Waals surface area (Å²) in [5.41, 5.74) is 3.58. The fourth-order valence-electron chi connectivity index (χ4n) is 1.85. The molecule has 0 aliphatic heterocycles. The van der Waals surface area contributed by atoms with Gasteiger partial charge in [-0.1, -0.05) is 48.5 Å². The molecule has 2 aromatic carbocycles. The third-order valence-electron chi connectivity index (χ3n) is 2.88. The molecule has 3 nitrogen and oxygen atoms in total. The SMILES string of the molecule is COC(=O)Cc1cccc(-c2ccc(C=O)cc2)c1. The van der Waals surface area contributed by atoms with Crippen LogP contribution in [0, 0.1) is 0 Å². The van der Waals surface area contributed by atoms with Crippen LogP contribution in [0.25, 0.3) is 11.1 Å². The lowest BCUT2D eigenvalue weighted by Crippen LogP contribution is -2.04. The van der Waals surface area contributed by atoms with Crippen molar-refractivity contribution >= 4 is 12.3 Å². The first-order chi connectivity index (χ1) is 9.22. The molecular weight excluding hydrogens is 240 g/mol. The van der Waals surface area contributed by atoms with E-state index in [1.807, 2.05) is 36.4 Å². The minimum atomic E-state index is -0.256. The van der Waals surface area contributed by atoms with Crippen molar-refractivity contribution in [1.29, 1.82) is 0 Å². The lowest BCUT2D eigenvalue weighted by atomic mass is 10.0. The predicted octanol–water partition coefficient (Wildman–Crippen LogP) is 2.88. The summed E-state index contributed by atoms with van der Waals surface area (Å²) in [5.74, 6) is -0.256. The number of rotatable bonds is 4. The molecule has 0 fully saturated rings. The van der Waals surface area contributed by atoms with E-state index in [4.69, 9.17) is 0 Å². The minimum Gasteiger partial charge on any atom is -0.469 e. The minimum absolute atomic E-state index is 0.256. The normalized spacial score (nSPS) is 9.95. The molecule has 0 unspecified atom stereocenters. The van der Waals surface area contributed by atoms with Crippen LogP contribution in [0.15, 0.2) is 48.5 Å². The zero-order valence-corrected chi connectivity index (χ0v) is 10.6. The first-order valence-electron chi connectivity index (χ1n) is 5.94. The molecule has 3 heteroatoms. The number of aldehydes is 1. The van der Waals surface area contributed by atoms with Crippen molar-refractivity contribution in [3.05, 3.63) is 59.7 Å². The van der Waals surface area contributed by atoms with E-state index in [1.165, 1.54) is 7.11 Å². The Labute approximate surface area is 111 Å². The van der Waals surface area contributed by atoms with E-state index in [-0.39, 0.29) is 12.4 Å². The summed E-state index contributed by atoms with van der Waals surface area (Å²) in [4.78, 5) is 21.9. The van der Waals surface area contributed by atoms with Crippen molar-refractivity contribution in [3.8, 4) is 11.1 Å². The van der Waals surface area contributed by atoms with Crippen molar-refractivity contribution in [3.63, 3.8) is 0 Å². The van der Waals surface area contributed by atoms with Crippen LogP contribution in [-0.2, 0) is 16.0 Å². The molecule has 0 aliphatic rings. The summed E-state index contributed by atoms with van der Waals surface area (Å²) in [5, 5.41) is 0. The second-order valence-electron chi connectivity index (χ2n) is 4.19. The number of esters is 1. The second-order valence-corrected chi connectivity index (χ2v) is 4.19. The van der Waals surface area contributed by atoms with Crippen molar-refractivity contribution in [2.24, 2.45) is 0 Å². The molecule has 0 saturated carbocycles. The quantitative estimate of drug-likeness (QED) is 0.622. The van der Waals surface area contributed by atoms with Gasteiger partial charge in [0.1, 0.15) is 6.29 Å². The fraction of sp³-hybridized carbons (Fsp3) is 0.125. The Hall–Kier alpha value is -2.42. The number of hydrogen-bond acceptors (Lipinski definition) is 3. The van der Waals surface area contributed by atoms with Gasteiger partial charge in [0.25, 0.3) is 0 Å². The number of ether oxygens (including phenoxy) is 1. The largest absolute Gasteiger partial charge is 0.469 e. The van der Waals surface area contributed by atoms with E-state index in [0.29, 0.717) is 5.56 Å². The van der Waals surface area contributed by atoms with Gasteiger partial charge in [-0.3, -0.25) is 9.59 Å². The summed E-state index contributed by atoms with van der Waals surface area (Å²) >= 11 is 0. The highest BCUT2D eigenvalue weighted by atomic mass is 16.5. The summed E-state index contributed by atoms with van der Waals surface area (Å²) in [7, 11) is 1.38. The van der Waals surface area contributed by atoms with Crippen LogP contribution in [0.1, 0.15) is 15.9 Å². The third kappa shape index (κ3) is 3.28. The van der Waals surface area contributed by atoms with Gasteiger partial charge < -0.3 is 4.74 Å². The lowest BCUT2D eigenvalue weighted by Gasteiger charge is -2.05. The summed E-state index contributed by atoms with van der Waals surface area (Å²) < 4.78 is 4.65. The molecule has 0 spiro atoms. The van der Waals surface area contributed by atoms with Gasteiger partial charge in [-0.25, -0.2) is 0 Å². The Morgan fingerprint density at radius 1 is 1.11 bits per heavy atom. The summed E-state index contributed by atoms with van der Waals surface area (Å²) in [6, 6.07) is 15.0. The zero-order valence-electron chi connectivity index (χ0n) is 10.6. The van der Waals surface area contributed by atoms with Crippen LogP contribution in [0.2, 0.25) is 0 Å². The molecule has 0 amide bonds. The van der Waals surface area contributed by atoms with E-state index in [0.717, 1.165) is 23.0 Å². The number of carbonyl (C=O) groups excluding carboxylic acids is 2. The highest BCUT2D eigenvalue weighted by molar-refractivity contribution is 5.77. The molecule has 2 aromatic rings. The number of hydrogen-bond donors (Lipinski definition) is 0. The van der Waals surface area contributed by atoms with Gasteiger partial charge in [0.2, 0.25) is 0 Å². The standard InChI is InChI=1S/C16H14O3/c1-19-16(18)10-13-3-2-4-15(9-13)14-7-5-12(11-17)6-8-14/h2-9,11H,10H2,1H3. The van der Waals surface area contributed by atoms with Crippen molar-refractivity contribution in [1.82, 2.24) is 0 Å². The van der Waals surface area contributed by atoms with Gasteiger partial charge in [-0.05, 0) is 16.7 Å². The summed E-state index contributed by atoms with van der Waals surface area (Å²) in [6.45, 7) is 0. The molecule has 0 heterocycles. The highest BCUT2D eigenvalue weighted by Crippen LogP contribution is 2.21. The molecule has 19 heavy (non-hydrogen) atoms. The molecule has 0 aromatic heterocycles. The zero-order chi connectivity index (χ0) is 13.7. The summed E-state index contributed by atoms with van der Waals surface area (Å²) in [6.07, 6.45) is 1.08. The maximum atomic E-state index is 11.3. The first-order valence-corrected chi connectivity index (χ1v) is 5.94. The van der Waals surface area contributed by atoms with E-state index in [1.54, 1.807) is 12.1 Å². The van der Waals surface area contributed by atoms with Crippen molar-refractivity contribution in [2.75, 3.05) is 7.11 Å². The van der Waals surface area contributed by atoms with Gasteiger partial charge in [-0.2, -0.15) is 0 Å². The van der Waals surface area contributed by atoms with E-state index < -0.39 is 0 Å². The van der Waals surface area contributed by atoms with Crippen LogP contribution in [-0.4, -0.2) is 19.4 Å². The van der Waals surface area contributed by atoms with Crippen LogP contribution >= 0.6 is 0 Å². The highest BCUT2D eigenvalue weighted by Gasteiger charge is 2.04. The first kappa shape index (κ1) is 13.0. The second kappa shape index (κ2) is 5.96. The Morgan fingerprint density at radius 2 is 1.84 bits per heavy atom. The van der Waals surface area contributed by atoms with Gasteiger partial charge in [0.05, 0.1) is 13.5 Å². The Morgan fingerprint density at radius 3 is 2.47 bits per heavy atom. The Kier molecular flexibility index (Phi) is 4.08. The monoisotopic (exact) mass is 254 g/mol.